The number of carbonyl (C=O) groups is 1. The number of Topliss-reactive ketones (excluding diaryl/α,β-unsaturated/α-hetero) is 1. The largest absolute Gasteiger partial charge is 0.297 e. The van der Waals surface area contributed by atoms with Gasteiger partial charge in [-0.1, -0.05) is 51.1 Å². The molecule has 0 radical (unpaired) electrons. The van der Waals surface area contributed by atoms with Crippen molar-refractivity contribution in [2.75, 3.05) is 6.54 Å². The fourth-order valence-corrected chi connectivity index (χ4v) is 3.29. The van der Waals surface area contributed by atoms with Gasteiger partial charge in [-0.3, -0.25) is 9.69 Å². The lowest BCUT2D eigenvalue weighted by atomic mass is 9.83. The van der Waals surface area contributed by atoms with Gasteiger partial charge in [-0.2, -0.15) is 0 Å². The summed E-state index contributed by atoms with van der Waals surface area (Å²) in [6.45, 7) is 13.7. The van der Waals surface area contributed by atoms with Crippen LogP contribution >= 0.6 is 0 Å². The number of hydrogen-bond acceptors (Lipinski definition) is 2. The van der Waals surface area contributed by atoms with E-state index in [0.717, 1.165) is 13.0 Å². The van der Waals surface area contributed by atoms with Gasteiger partial charge in [-0.05, 0) is 38.7 Å². The van der Waals surface area contributed by atoms with E-state index in [4.69, 9.17) is 0 Å². The third kappa shape index (κ3) is 3.55. The van der Waals surface area contributed by atoms with Crippen LogP contribution < -0.4 is 0 Å². The number of carbonyl (C=O) groups excluding carboxylic acids is 1. The van der Waals surface area contributed by atoms with Crippen molar-refractivity contribution in [3.05, 3.63) is 35.9 Å². The Morgan fingerprint density at radius 3 is 2.10 bits per heavy atom. The van der Waals surface area contributed by atoms with Crippen molar-refractivity contribution in [3.63, 3.8) is 0 Å². The van der Waals surface area contributed by atoms with Crippen molar-refractivity contribution < 1.29 is 4.79 Å². The zero-order valence-electron chi connectivity index (χ0n) is 14.3. The van der Waals surface area contributed by atoms with E-state index in [-0.39, 0.29) is 17.0 Å². The SMILES string of the molecule is CC(C)(C)C(=O)C1CC(c2ccccc2)CN1C(C)(C)C. The van der Waals surface area contributed by atoms with Gasteiger partial charge in [-0.15, -0.1) is 0 Å². The summed E-state index contributed by atoms with van der Waals surface area (Å²) < 4.78 is 0. The Kier molecular flexibility index (Phi) is 4.30. The maximum Gasteiger partial charge on any atom is 0.155 e. The van der Waals surface area contributed by atoms with Crippen molar-refractivity contribution in [1.82, 2.24) is 4.90 Å². The van der Waals surface area contributed by atoms with Crippen molar-refractivity contribution in [1.29, 1.82) is 0 Å². The molecule has 0 aromatic heterocycles. The molecule has 0 spiro atoms. The molecule has 1 saturated heterocycles. The quantitative estimate of drug-likeness (QED) is 0.810. The summed E-state index contributed by atoms with van der Waals surface area (Å²) in [6, 6.07) is 10.7. The van der Waals surface area contributed by atoms with E-state index in [0.29, 0.717) is 11.7 Å². The molecular formula is C19H29NO. The lowest BCUT2D eigenvalue weighted by Crippen LogP contribution is -2.50. The molecule has 1 fully saturated rings. The molecule has 0 aliphatic carbocycles. The Bertz CT molecular complexity index is 493. The summed E-state index contributed by atoms with van der Waals surface area (Å²) in [5, 5.41) is 0. The molecule has 2 unspecified atom stereocenters. The van der Waals surface area contributed by atoms with Gasteiger partial charge in [0.25, 0.3) is 0 Å². The van der Waals surface area contributed by atoms with Gasteiger partial charge in [0.15, 0.2) is 5.78 Å². The number of benzene rings is 1. The van der Waals surface area contributed by atoms with E-state index < -0.39 is 0 Å². The van der Waals surface area contributed by atoms with Crippen LogP contribution in [0.3, 0.4) is 0 Å². The number of likely N-dealkylation sites (tertiary alicyclic amines) is 1. The van der Waals surface area contributed by atoms with Gasteiger partial charge in [0.1, 0.15) is 0 Å². The molecular weight excluding hydrogens is 258 g/mol. The van der Waals surface area contributed by atoms with Gasteiger partial charge in [0.05, 0.1) is 6.04 Å². The highest BCUT2D eigenvalue weighted by molar-refractivity contribution is 5.89. The average Bonchev–Trinajstić information content (AvgIpc) is 2.82. The van der Waals surface area contributed by atoms with Crippen LogP contribution in [0.1, 0.15) is 59.4 Å². The van der Waals surface area contributed by atoms with Gasteiger partial charge in [0.2, 0.25) is 0 Å². The minimum absolute atomic E-state index is 0.0229. The first kappa shape index (κ1) is 16.2. The molecule has 2 heteroatoms. The van der Waals surface area contributed by atoms with Crippen LogP contribution in [-0.2, 0) is 4.79 Å². The molecule has 1 aliphatic rings. The molecule has 1 aliphatic heterocycles. The third-order valence-electron chi connectivity index (χ3n) is 4.48. The molecule has 116 valence electrons. The average molecular weight is 287 g/mol. The smallest absolute Gasteiger partial charge is 0.155 e. The van der Waals surface area contributed by atoms with Crippen LogP contribution in [-0.4, -0.2) is 28.8 Å². The van der Waals surface area contributed by atoms with Crippen molar-refractivity contribution in [2.24, 2.45) is 5.41 Å². The first-order valence-corrected chi connectivity index (χ1v) is 7.96. The van der Waals surface area contributed by atoms with Crippen LogP contribution in [0.5, 0.6) is 0 Å². The Labute approximate surface area is 129 Å². The van der Waals surface area contributed by atoms with Crippen molar-refractivity contribution in [3.8, 4) is 0 Å². The Morgan fingerprint density at radius 2 is 1.62 bits per heavy atom. The molecule has 1 heterocycles. The second-order valence-corrected chi connectivity index (χ2v) is 8.30. The summed E-state index contributed by atoms with van der Waals surface area (Å²) >= 11 is 0. The fourth-order valence-electron chi connectivity index (χ4n) is 3.29. The second-order valence-electron chi connectivity index (χ2n) is 8.30. The van der Waals surface area contributed by atoms with Crippen LogP contribution in [0.25, 0.3) is 0 Å². The third-order valence-corrected chi connectivity index (χ3v) is 4.48. The number of nitrogens with zero attached hydrogens (tertiary/aromatic N) is 1. The Hall–Kier alpha value is -1.15. The molecule has 1 aromatic rings. The zero-order valence-corrected chi connectivity index (χ0v) is 14.3. The van der Waals surface area contributed by atoms with E-state index in [9.17, 15) is 4.79 Å². The highest BCUT2D eigenvalue weighted by Gasteiger charge is 2.44. The highest BCUT2D eigenvalue weighted by Crippen LogP contribution is 2.38. The second kappa shape index (κ2) is 5.57. The van der Waals surface area contributed by atoms with Crippen molar-refractivity contribution in [2.45, 2.75) is 65.5 Å². The highest BCUT2D eigenvalue weighted by atomic mass is 16.1. The summed E-state index contributed by atoms with van der Waals surface area (Å²) in [6.07, 6.45) is 0.942. The molecule has 0 saturated carbocycles. The van der Waals surface area contributed by atoms with Crippen LogP contribution in [0.2, 0.25) is 0 Å². The molecule has 0 N–H and O–H groups in total. The topological polar surface area (TPSA) is 20.3 Å². The molecule has 0 bridgehead atoms. The van der Waals surface area contributed by atoms with Gasteiger partial charge in [-0.25, -0.2) is 0 Å². The van der Waals surface area contributed by atoms with Crippen LogP contribution in [0.4, 0.5) is 0 Å². The lowest BCUT2D eigenvalue weighted by molar-refractivity contribution is -0.132. The number of hydrogen-bond donors (Lipinski definition) is 0. The molecule has 21 heavy (non-hydrogen) atoms. The van der Waals surface area contributed by atoms with E-state index in [1.807, 2.05) is 20.8 Å². The van der Waals surface area contributed by atoms with E-state index in [1.165, 1.54) is 5.56 Å². The van der Waals surface area contributed by atoms with Gasteiger partial charge < -0.3 is 0 Å². The summed E-state index contributed by atoms with van der Waals surface area (Å²) in [5.41, 5.74) is 1.10. The first-order chi connectivity index (χ1) is 9.60. The predicted octanol–water partition coefficient (Wildman–Crippen LogP) is 4.26. The Balaban J connectivity index is 2.28. The van der Waals surface area contributed by atoms with Gasteiger partial charge >= 0.3 is 0 Å². The van der Waals surface area contributed by atoms with E-state index in [2.05, 4.69) is 56.0 Å². The lowest BCUT2D eigenvalue weighted by Gasteiger charge is -2.38. The zero-order chi connectivity index (χ0) is 15.8. The number of rotatable bonds is 2. The standard InChI is InChI=1S/C19H29NO/c1-18(2,3)17(21)16-12-15(13-20(16)19(4,5)6)14-10-8-7-9-11-14/h7-11,15-16H,12-13H2,1-6H3. The summed E-state index contributed by atoms with van der Waals surface area (Å²) in [7, 11) is 0. The summed E-state index contributed by atoms with van der Waals surface area (Å²) in [5.74, 6) is 0.831. The van der Waals surface area contributed by atoms with Crippen LogP contribution in [0.15, 0.2) is 30.3 Å². The molecule has 2 atom stereocenters. The number of ketones is 1. The molecule has 2 nitrogen and oxygen atoms in total. The van der Waals surface area contributed by atoms with E-state index >= 15 is 0 Å². The van der Waals surface area contributed by atoms with Crippen molar-refractivity contribution >= 4 is 5.78 Å². The first-order valence-electron chi connectivity index (χ1n) is 7.96. The minimum Gasteiger partial charge on any atom is -0.297 e. The predicted molar refractivity (Wildman–Crippen MR) is 88.5 cm³/mol. The minimum atomic E-state index is -0.278. The monoisotopic (exact) mass is 287 g/mol. The van der Waals surface area contributed by atoms with Gasteiger partial charge in [0, 0.05) is 17.5 Å². The van der Waals surface area contributed by atoms with Crippen LogP contribution in [0, 0.1) is 5.41 Å². The molecule has 2 rings (SSSR count). The molecule has 1 aromatic carbocycles. The maximum absolute atomic E-state index is 12.9. The maximum atomic E-state index is 12.9. The van der Waals surface area contributed by atoms with E-state index in [1.54, 1.807) is 0 Å². The summed E-state index contributed by atoms with van der Waals surface area (Å²) in [4.78, 5) is 15.3. The fraction of sp³-hybridized carbons (Fsp3) is 0.632. The normalized spacial score (nSPS) is 24.3. The molecule has 0 amide bonds. The Morgan fingerprint density at radius 1 is 1.05 bits per heavy atom.